The zero-order valence-corrected chi connectivity index (χ0v) is 13.5. The van der Waals surface area contributed by atoms with Crippen LogP contribution in [0.15, 0.2) is 48.5 Å². The van der Waals surface area contributed by atoms with E-state index in [0.29, 0.717) is 11.6 Å². The fourth-order valence-electron chi connectivity index (χ4n) is 3.17. The minimum Gasteiger partial charge on any atom is -0.305 e. The standard InChI is InChI=1S/C17H15ClN2OS/c18-14-7-3-1-5-12(14)11-20-15-8-4-2-6-13(15)17(16(20)21)19-9-10-22-17/h1-8,19H,9-11H2. The predicted octanol–water partition coefficient (Wildman–Crippen LogP) is 3.38. The largest absolute Gasteiger partial charge is 0.305 e. The third-order valence-corrected chi connectivity index (χ3v) is 5.95. The van der Waals surface area contributed by atoms with Crippen LogP contribution in [0.25, 0.3) is 0 Å². The Morgan fingerprint density at radius 2 is 1.95 bits per heavy atom. The van der Waals surface area contributed by atoms with Gasteiger partial charge in [-0.15, -0.1) is 11.8 Å². The zero-order chi connectivity index (χ0) is 15.2. The van der Waals surface area contributed by atoms with Crippen LogP contribution in [0.1, 0.15) is 11.1 Å². The zero-order valence-electron chi connectivity index (χ0n) is 11.9. The number of fused-ring (bicyclic) bond motifs is 2. The lowest BCUT2D eigenvalue weighted by atomic mass is 10.1. The summed E-state index contributed by atoms with van der Waals surface area (Å²) in [4.78, 5) is 14.3. The van der Waals surface area contributed by atoms with E-state index < -0.39 is 4.87 Å². The van der Waals surface area contributed by atoms with Crippen molar-refractivity contribution in [2.75, 3.05) is 17.2 Å². The van der Waals surface area contributed by atoms with Gasteiger partial charge in [0.1, 0.15) is 0 Å². The van der Waals surface area contributed by atoms with Gasteiger partial charge in [-0.3, -0.25) is 10.1 Å². The highest BCUT2D eigenvalue weighted by atomic mass is 35.5. The van der Waals surface area contributed by atoms with E-state index in [-0.39, 0.29) is 5.91 Å². The number of carbonyl (C=O) groups is 1. The van der Waals surface area contributed by atoms with Crippen LogP contribution in [0.2, 0.25) is 5.02 Å². The molecule has 5 heteroatoms. The SMILES string of the molecule is O=C1N(Cc2ccccc2Cl)c2ccccc2C12NCCS2. The summed E-state index contributed by atoms with van der Waals surface area (Å²) in [6.45, 7) is 1.35. The van der Waals surface area contributed by atoms with E-state index in [1.165, 1.54) is 0 Å². The van der Waals surface area contributed by atoms with E-state index in [1.807, 2.05) is 53.4 Å². The molecule has 1 saturated heterocycles. The van der Waals surface area contributed by atoms with E-state index in [2.05, 4.69) is 5.32 Å². The van der Waals surface area contributed by atoms with Crippen LogP contribution >= 0.6 is 23.4 Å². The summed E-state index contributed by atoms with van der Waals surface area (Å²) in [5, 5.41) is 4.10. The molecule has 1 N–H and O–H groups in total. The molecule has 0 saturated carbocycles. The van der Waals surface area contributed by atoms with Gasteiger partial charge in [0, 0.05) is 22.9 Å². The summed E-state index contributed by atoms with van der Waals surface area (Å²) in [6, 6.07) is 15.7. The minimum absolute atomic E-state index is 0.108. The van der Waals surface area contributed by atoms with Crippen molar-refractivity contribution in [2.24, 2.45) is 0 Å². The van der Waals surface area contributed by atoms with Crippen LogP contribution in [0.3, 0.4) is 0 Å². The number of carbonyl (C=O) groups excluding carboxylic acids is 1. The highest BCUT2D eigenvalue weighted by Crippen LogP contribution is 2.49. The Kier molecular flexibility index (Phi) is 3.40. The van der Waals surface area contributed by atoms with Gasteiger partial charge in [0.2, 0.25) is 0 Å². The molecule has 112 valence electrons. The van der Waals surface area contributed by atoms with E-state index in [4.69, 9.17) is 11.6 Å². The molecule has 3 nitrogen and oxygen atoms in total. The van der Waals surface area contributed by atoms with Crippen LogP contribution in [0.4, 0.5) is 5.69 Å². The van der Waals surface area contributed by atoms with Crippen molar-refractivity contribution >= 4 is 35.0 Å². The van der Waals surface area contributed by atoms with Gasteiger partial charge >= 0.3 is 0 Å². The van der Waals surface area contributed by atoms with E-state index in [9.17, 15) is 4.79 Å². The summed E-state index contributed by atoms with van der Waals surface area (Å²) in [5.41, 5.74) is 3.01. The van der Waals surface area contributed by atoms with Crippen molar-refractivity contribution in [3.05, 3.63) is 64.7 Å². The number of benzene rings is 2. The summed E-state index contributed by atoms with van der Waals surface area (Å²) in [7, 11) is 0. The van der Waals surface area contributed by atoms with Crippen LogP contribution in [0.5, 0.6) is 0 Å². The molecular formula is C17H15ClN2OS. The average Bonchev–Trinajstić information content (AvgIpc) is 3.11. The van der Waals surface area contributed by atoms with Crippen molar-refractivity contribution in [1.82, 2.24) is 5.32 Å². The maximum atomic E-state index is 13.1. The van der Waals surface area contributed by atoms with Gasteiger partial charge in [-0.05, 0) is 17.7 Å². The Hall–Kier alpha value is -1.49. The highest BCUT2D eigenvalue weighted by molar-refractivity contribution is 8.01. The number of hydrogen-bond donors (Lipinski definition) is 1. The quantitative estimate of drug-likeness (QED) is 0.916. The average molecular weight is 331 g/mol. The third kappa shape index (κ3) is 1.98. The maximum absolute atomic E-state index is 13.1. The number of para-hydroxylation sites is 1. The molecular weight excluding hydrogens is 316 g/mol. The fraction of sp³-hybridized carbons (Fsp3) is 0.235. The second-order valence-corrected chi connectivity index (χ2v) is 7.17. The number of nitrogens with one attached hydrogen (secondary N) is 1. The molecule has 0 bridgehead atoms. The molecule has 1 fully saturated rings. The fourth-order valence-corrected chi connectivity index (χ4v) is 4.64. The van der Waals surface area contributed by atoms with Gasteiger partial charge in [0.15, 0.2) is 4.87 Å². The van der Waals surface area contributed by atoms with E-state index in [1.54, 1.807) is 11.8 Å². The molecule has 1 spiro atoms. The summed E-state index contributed by atoms with van der Waals surface area (Å²) >= 11 is 7.96. The Morgan fingerprint density at radius 3 is 2.73 bits per heavy atom. The van der Waals surface area contributed by atoms with Crippen molar-refractivity contribution in [3.8, 4) is 0 Å². The number of hydrogen-bond acceptors (Lipinski definition) is 3. The molecule has 2 aliphatic heterocycles. The van der Waals surface area contributed by atoms with Crippen LogP contribution in [-0.4, -0.2) is 18.2 Å². The van der Waals surface area contributed by atoms with Gasteiger partial charge in [0.25, 0.3) is 5.91 Å². The number of rotatable bonds is 2. The van der Waals surface area contributed by atoms with Crippen LogP contribution in [0, 0.1) is 0 Å². The first-order valence-corrected chi connectivity index (χ1v) is 8.62. The summed E-state index contributed by atoms with van der Waals surface area (Å²) in [6.07, 6.45) is 0. The number of anilines is 1. The summed E-state index contributed by atoms with van der Waals surface area (Å²) in [5.74, 6) is 1.05. The molecule has 1 atom stereocenters. The van der Waals surface area contributed by atoms with E-state index >= 15 is 0 Å². The number of thioether (sulfide) groups is 1. The number of amides is 1. The second kappa shape index (κ2) is 5.30. The molecule has 1 amide bonds. The minimum atomic E-state index is -0.613. The lowest BCUT2D eigenvalue weighted by Gasteiger charge is -2.23. The van der Waals surface area contributed by atoms with Gasteiger partial charge < -0.3 is 4.90 Å². The smallest absolute Gasteiger partial charge is 0.262 e. The normalized spacial score (nSPS) is 23.3. The highest BCUT2D eigenvalue weighted by Gasteiger charge is 2.53. The van der Waals surface area contributed by atoms with Crippen LogP contribution in [-0.2, 0) is 16.2 Å². The van der Waals surface area contributed by atoms with Crippen molar-refractivity contribution in [3.63, 3.8) is 0 Å². The topological polar surface area (TPSA) is 32.3 Å². The molecule has 0 radical (unpaired) electrons. The first-order valence-electron chi connectivity index (χ1n) is 7.26. The lowest BCUT2D eigenvalue weighted by Crippen LogP contribution is -2.44. The van der Waals surface area contributed by atoms with E-state index in [0.717, 1.165) is 29.1 Å². The predicted molar refractivity (Wildman–Crippen MR) is 91.2 cm³/mol. The first kappa shape index (κ1) is 14.1. The molecule has 0 aromatic heterocycles. The lowest BCUT2D eigenvalue weighted by molar-refractivity contribution is -0.121. The third-order valence-electron chi connectivity index (χ3n) is 4.20. The Labute approximate surface area is 138 Å². The van der Waals surface area contributed by atoms with Gasteiger partial charge in [-0.2, -0.15) is 0 Å². The van der Waals surface area contributed by atoms with Crippen LogP contribution < -0.4 is 10.2 Å². The molecule has 2 aliphatic rings. The Balaban J connectivity index is 1.78. The van der Waals surface area contributed by atoms with Gasteiger partial charge in [-0.1, -0.05) is 48.0 Å². The van der Waals surface area contributed by atoms with Crippen molar-refractivity contribution in [2.45, 2.75) is 11.4 Å². The molecule has 1 unspecified atom stereocenters. The molecule has 4 rings (SSSR count). The molecule has 22 heavy (non-hydrogen) atoms. The monoisotopic (exact) mass is 330 g/mol. The molecule has 2 aromatic carbocycles. The number of nitrogens with zero attached hydrogens (tertiary/aromatic N) is 1. The molecule has 0 aliphatic carbocycles. The molecule has 2 heterocycles. The first-order chi connectivity index (χ1) is 10.7. The summed E-state index contributed by atoms with van der Waals surface area (Å²) < 4.78 is 0. The number of halogens is 1. The van der Waals surface area contributed by atoms with Crippen molar-refractivity contribution < 1.29 is 4.79 Å². The Bertz CT molecular complexity index is 743. The second-order valence-electron chi connectivity index (χ2n) is 5.46. The Morgan fingerprint density at radius 1 is 1.18 bits per heavy atom. The molecule has 2 aromatic rings. The van der Waals surface area contributed by atoms with Gasteiger partial charge in [-0.25, -0.2) is 0 Å². The van der Waals surface area contributed by atoms with Gasteiger partial charge in [0.05, 0.1) is 12.2 Å². The van der Waals surface area contributed by atoms with Crippen molar-refractivity contribution in [1.29, 1.82) is 0 Å². The maximum Gasteiger partial charge on any atom is 0.262 e.